The molecule has 0 aromatic carbocycles. The fraction of sp³-hybridized carbons (Fsp3) is 0.741. The number of esters is 3. The Labute approximate surface area is 427 Å². The van der Waals surface area contributed by atoms with Gasteiger partial charge in [0.15, 0.2) is 6.10 Å². The zero-order valence-corrected chi connectivity index (χ0v) is 45.4. The summed E-state index contributed by atoms with van der Waals surface area (Å²) in [5.74, 6) is -1.53. The monoisotopic (exact) mass is 1000 g/mol. The number of hydrogen-bond acceptors (Lipinski definition) is 10. The lowest BCUT2D eigenvalue weighted by Gasteiger charge is -2.21. The molecule has 2 N–H and O–H groups in total. The summed E-state index contributed by atoms with van der Waals surface area (Å²) < 4.78 is 39.4. The van der Waals surface area contributed by atoms with Gasteiger partial charge in [0.2, 0.25) is 0 Å². The molecule has 0 aromatic heterocycles. The van der Waals surface area contributed by atoms with E-state index in [2.05, 4.69) is 93.7 Å². The first kappa shape index (κ1) is 66.9. The zero-order chi connectivity index (χ0) is 51.3. The highest BCUT2D eigenvalue weighted by molar-refractivity contribution is 7.47. The van der Waals surface area contributed by atoms with Crippen molar-refractivity contribution in [2.75, 3.05) is 26.4 Å². The average Bonchev–Trinajstić information content (AvgIpc) is 3.35. The molecule has 0 saturated heterocycles. The third kappa shape index (κ3) is 49.9. The van der Waals surface area contributed by atoms with Crippen molar-refractivity contribution in [2.45, 2.75) is 251 Å². The van der Waals surface area contributed by atoms with E-state index in [-0.39, 0.29) is 25.9 Å². The SMILES string of the molecule is CC/C=C\C/C=C\C/C=C\C/C=C\CCCCC(=O)OC(COC(=O)CCCCCCC/C=C\CCCCCC)COP(=O)(O)OCC(CO)OC(=O)CCCCCCC/C=C\CCCCCCCC. The van der Waals surface area contributed by atoms with E-state index in [9.17, 15) is 28.9 Å². The maximum Gasteiger partial charge on any atom is 0.472 e. The molecule has 0 radical (unpaired) electrons. The largest absolute Gasteiger partial charge is 0.472 e. The molecule has 0 aliphatic rings. The molecule has 0 aromatic rings. The van der Waals surface area contributed by atoms with Gasteiger partial charge in [-0.05, 0) is 109 Å². The van der Waals surface area contributed by atoms with E-state index in [0.29, 0.717) is 19.3 Å². The highest BCUT2D eigenvalue weighted by Gasteiger charge is 2.28. The average molecular weight is 1010 g/mol. The van der Waals surface area contributed by atoms with Crippen molar-refractivity contribution in [1.29, 1.82) is 0 Å². The molecule has 0 spiro atoms. The van der Waals surface area contributed by atoms with Crippen molar-refractivity contribution in [3.8, 4) is 0 Å². The summed E-state index contributed by atoms with van der Waals surface area (Å²) in [6.07, 6.45) is 57.2. The van der Waals surface area contributed by atoms with Gasteiger partial charge in [-0.3, -0.25) is 23.4 Å². The minimum absolute atomic E-state index is 0.112. The number of phosphoric acid groups is 1. The maximum atomic E-state index is 12.9. The third-order valence-electron chi connectivity index (χ3n) is 11.6. The molecule has 0 fully saturated rings. The first-order chi connectivity index (χ1) is 34.2. The Morgan fingerprint density at radius 3 is 1.20 bits per heavy atom. The molecular formula is C58H101O11P. The number of allylic oxidation sites excluding steroid dienone is 12. The van der Waals surface area contributed by atoms with Gasteiger partial charge in [0.1, 0.15) is 12.7 Å². The Morgan fingerprint density at radius 2 is 0.743 bits per heavy atom. The molecule has 404 valence electrons. The van der Waals surface area contributed by atoms with Crippen molar-refractivity contribution in [3.63, 3.8) is 0 Å². The van der Waals surface area contributed by atoms with E-state index in [1.54, 1.807) is 0 Å². The molecular weight excluding hydrogens is 904 g/mol. The lowest BCUT2D eigenvalue weighted by atomic mass is 10.1. The maximum absolute atomic E-state index is 12.9. The minimum Gasteiger partial charge on any atom is -0.462 e. The van der Waals surface area contributed by atoms with Gasteiger partial charge in [-0.2, -0.15) is 0 Å². The second-order valence-corrected chi connectivity index (χ2v) is 19.8. The fourth-order valence-electron chi connectivity index (χ4n) is 7.34. The van der Waals surface area contributed by atoms with Gasteiger partial charge < -0.3 is 24.2 Å². The number of phosphoric ester groups is 1. The van der Waals surface area contributed by atoms with Crippen LogP contribution in [0.15, 0.2) is 72.9 Å². The topological polar surface area (TPSA) is 155 Å². The number of carbonyl (C=O) groups excluding carboxylic acids is 3. The Morgan fingerprint density at radius 1 is 0.414 bits per heavy atom. The second kappa shape index (κ2) is 52.2. The standard InChI is InChI=1S/C58H101O11P/c1-4-7-10-13-16-19-22-25-27-30-33-36-39-42-45-48-57(61)68-54(50-59)52-66-70(63,64)67-53-55(51-65-56(60)47-44-41-38-35-32-29-24-21-18-15-12-9-6-3)69-58(62)49-46-43-40-37-34-31-28-26-23-20-17-14-11-8-5-2/h8,11,17,20-21,24-28,34,37,54-55,59H,4-7,9-10,12-16,18-19,22-23,29-33,35-36,38-53H2,1-3H3,(H,63,64)/b11-8-,20-17-,24-21-,27-25-,28-26-,37-34-. The van der Waals surface area contributed by atoms with Gasteiger partial charge in [-0.1, -0.05) is 184 Å². The Kier molecular flexibility index (Phi) is 50.0. The lowest BCUT2D eigenvalue weighted by molar-refractivity contribution is -0.161. The van der Waals surface area contributed by atoms with E-state index in [1.165, 1.54) is 64.2 Å². The second-order valence-electron chi connectivity index (χ2n) is 18.4. The van der Waals surface area contributed by atoms with E-state index < -0.39 is 57.8 Å². The third-order valence-corrected chi connectivity index (χ3v) is 12.5. The molecule has 3 unspecified atom stereocenters. The highest BCUT2D eigenvalue weighted by Crippen LogP contribution is 2.43. The van der Waals surface area contributed by atoms with Gasteiger partial charge in [0.25, 0.3) is 0 Å². The van der Waals surface area contributed by atoms with Gasteiger partial charge in [0, 0.05) is 19.3 Å². The zero-order valence-electron chi connectivity index (χ0n) is 44.5. The fourth-order valence-corrected chi connectivity index (χ4v) is 8.12. The molecule has 12 heteroatoms. The number of hydrogen-bond donors (Lipinski definition) is 2. The molecule has 0 aliphatic carbocycles. The number of rotatable bonds is 51. The Hall–Kier alpha value is -3.08. The molecule has 3 atom stereocenters. The van der Waals surface area contributed by atoms with Gasteiger partial charge in [0.05, 0.1) is 19.8 Å². The molecule has 70 heavy (non-hydrogen) atoms. The van der Waals surface area contributed by atoms with Crippen LogP contribution in [0.1, 0.15) is 239 Å². The van der Waals surface area contributed by atoms with Crippen LogP contribution in [0.2, 0.25) is 0 Å². The number of unbranched alkanes of at least 4 members (excludes halogenated alkanes) is 22. The summed E-state index contributed by atoms with van der Waals surface area (Å²) in [6.45, 7) is 4.44. The summed E-state index contributed by atoms with van der Waals surface area (Å²) >= 11 is 0. The van der Waals surface area contributed by atoms with Crippen LogP contribution in [-0.4, -0.2) is 66.5 Å². The number of aliphatic hydroxyl groups excluding tert-OH is 1. The summed E-state index contributed by atoms with van der Waals surface area (Å²) in [4.78, 5) is 48.4. The van der Waals surface area contributed by atoms with E-state index in [1.807, 2.05) is 0 Å². The normalized spacial score (nSPS) is 14.0. The smallest absolute Gasteiger partial charge is 0.462 e. The molecule has 0 amide bonds. The highest BCUT2D eigenvalue weighted by atomic mass is 31.2. The van der Waals surface area contributed by atoms with Gasteiger partial charge >= 0.3 is 25.7 Å². The van der Waals surface area contributed by atoms with Crippen LogP contribution in [0.25, 0.3) is 0 Å². The number of carbonyl (C=O) groups is 3. The van der Waals surface area contributed by atoms with Crippen LogP contribution in [-0.2, 0) is 42.2 Å². The van der Waals surface area contributed by atoms with Gasteiger partial charge in [-0.25, -0.2) is 4.57 Å². The summed E-state index contributed by atoms with van der Waals surface area (Å²) in [7, 11) is -4.76. The Balaban J connectivity index is 4.79. The van der Waals surface area contributed by atoms with E-state index in [4.69, 9.17) is 23.3 Å². The molecule has 11 nitrogen and oxygen atoms in total. The van der Waals surface area contributed by atoms with E-state index >= 15 is 0 Å². The van der Waals surface area contributed by atoms with Crippen LogP contribution in [0.4, 0.5) is 0 Å². The van der Waals surface area contributed by atoms with Crippen molar-refractivity contribution in [2.24, 2.45) is 0 Å². The summed E-state index contributed by atoms with van der Waals surface area (Å²) in [5, 5.41) is 9.80. The van der Waals surface area contributed by atoms with Crippen molar-refractivity contribution >= 4 is 25.7 Å². The van der Waals surface area contributed by atoms with Crippen LogP contribution >= 0.6 is 7.82 Å². The minimum atomic E-state index is -4.76. The van der Waals surface area contributed by atoms with Crippen molar-refractivity contribution < 1.29 is 52.2 Å². The summed E-state index contributed by atoms with van der Waals surface area (Å²) in [5.41, 5.74) is 0. The quantitative estimate of drug-likeness (QED) is 0.0197. The molecule has 0 saturated carbocycles. The first-order valence-corrected chi connectivity index (χ1v) is 29.3. The van der Waals surface area contributed by atoms with Crippen LogP contribution in [0, 0.1) is 0 Å². The molecule has 0 rings (SSSR count). The molecule has 0 heterocycles. The lowest BCUT2D eigenvalue weighted by Crippen LogP contribution is -2.30. The Bertz CT molecular complexity index is 1450. The number of ether oxygens (including phenoxy) is 3. The summed E-state index contributed by atoms with van der Waals surface area (Å²) in [6, 6.07) is 0. The van der Waals surface area contributed by atoms with Crippen molar-refractivity contribution in [1.82, 2.24) is 0 Å². The van der Waals surface area contributed by atoms with Gasteiger partial charge in [-0.15, -0.1) is 0 Å². The molecule has 0 aliphatic heterocycles. The predicted octanol–water partition coefficient (Wildman–Crippen LogP) is 16.1. The number of aliphatic hydroxyl groups is 1. The van der Waals surface area contributed by atoms with Crippen LogP contribution < -0.4 is 0 Å². The van der Waals surface area contributed by atoms with Crippen LogP contribution in [0.3, 0.4) is 0 Å². The predicted molar refractivity (Wildman–Crippen MR) is 288 cm³/mol. The van der Waals surface area contributed by atoms with E-state index in [0.717, 1.165) is 116 Å². The van der Waals surface area contributed by atoms with Crippen molar-refractivity contribution in [3.05, 3.63) is 72.9 Å². The molecule has 0 bridgehead atoms. The van der Waals surface area contributed by atoms with Crippen LogP contribution in [0.5, 0.6) is 0 Å². The first-order valence-electron chi connectivity index (χ1n) is 27.8.